The first-order valence-corrected chi connectivity index (χ1v) is 13.4. The molecule has 0 saturated carbocycles. The lowest BCUT2D eigenvalue weighted by Gasteiger charge is -2.01. The van der Waals surface area contributed by atoms with Gasteiger partial charge in [0.1, 0.15) is 17.5 Å². The Hall–Kier alpha value is -4.19. The monoisotopic (exact) mass is 519 g/mol. The minimum absolute atomic E-state index is 0.623. The highest BCUT2D eigenvalue weighted by atomic mass is 15.1. The van der Waals surface area contributed by atoms with Crippen molar-refractivity contribution in [2.75, 3.05) is 0 Å². The second kappa shape index (κ2) is 16.6. The van der Waals surface area contributed by atoms with Crippen molar-refractivity contribution in [3.05, 3.63) is 108 Å². The molecule has 3 heterocycles. The van der Waals surface area contributed by atoms with Crippen LogP contribution in [0.2, 0.25) is 6.32 Å². The van der Waals surface area contributed by atoms with Gasteiger partial charge in [0.2, 0.25) is 0 Å². The van der Waals surface area contributed by atoms with Crippen molar-refractivity contribution >= 4 is 49.0 Å². The summed E-state index contributed by atoms with van der Waals surface area (Å²) in [6, 6.07) is 8.07. The van der Waals surface area contributed by atoms with Gasteiger partial charge in [-0.2, -0.15) is 0 Å². The Labute approximate surface area is 236 Å². The van der Waals surface area contributed by atoms with Crippen LogP contribution in [0.3, 0.4) is 0 Å². The van der Waals surface area contributed by atoms with Gasteiger partial charge in [0, 0.05) is 44.8 Å². The number of nitrogens with one attached hydrogen (secondary N) is 2. The standard InChI is InChI=1S/C27H25N5.C2H5B.2C2H6/c1-7-13-21-16(5)28-24(20(21)10-4)30-25-18(8-2)19(9-3)26(31-25)32-27-23-15-12-11-14-22(23)17(6)29-27;1-2-3;2*1-2/h7-15,31H,2-5H2,1,6H3,(H,28,30);2H2,1H3;2*1-2H3/b13-7-,32-27-;;;. The third kappa shape index (κ3) is 7.44. The van der Waals surface area contributed by atoms with Crippen LogP contribution in [0.5, 0.6) is 0 Å². The molecule has 0 atom stereocenters. The summed E-state index contributed by atoms with van der Waals surface area (Å²) in [7, 11) is 4.85. The maximum Gasteiger partial charge on any atom is 0.162 e. The van der Waals surface area contributed by atoms with E-state index in [1.165, 1.54) is 0 Å². The zero-order valence-corrected chi connectivity index (χ0v) is 24.7. The number of aromatic nitrogens is 1. The Morgan fingerprint density at radius 1 is 0.897 bits per heavy atom. The third-order valence-electron chi connectivity index (χ3n) is 5.40. The van der Waals surface area contributed by atoms with Gasteiger partial charge in [-0.3, -0.25) is 0 Å². The van der Waals surface area contributed by atoms with Crippen LogP contribution in [0.4, 0.5) is 11.6 Å². The Morgan fingerprint density at radius 3 is 1.95 bits per heavy atom. The van der Waals surface area contributed by atoms with E-state index in [0.717, 1.165) is 51.1 Å². The number of nitrogens with zero attached hydrogens (tertiary/aromatic N) is 3. The van der Waals surface area contributed by atoms with Crippen LogP contribution in [0.1, 0.15) is 70.7 Å². The molecule has 2 N–H and O–H groups in total. The highest BCUT2D eigenvalue weighted by molar-refractivity contribution is 6.22. The summed E-state index contributed by atoms with van der Waals surface area (Å²) in [5, 5.41) is 3.25. The predicted octanol–water partition coefficient (Wildman–Crippen LogP) is 9.05. The largest absolute Gasteiger partial charge is 0.340 e. The van der Waals surface area contributed by atoms with Gasteiger partial charge in [0.25, 0.3) is 0 Å². The van der Waals surface area contributed by atoms with E-state index in [1.807, 2.05) is 78.8 Å². The van der Waals surface area contributed by atoms with Gasteiger partial charge in [0.15, 0.2) is 5.84 Å². The Balaban J connectivity index is 0.000000996. The number of rotatable bonds is 6. The molecule has 0 unspecified atom stereocenters. The molecule has 2 aliphatic heterocycles. The summed E-state index contributed by atoms with van der Waals surface area (Å²) in [4.78, 5) is 17.6. The molecular weight excluding hydrogens is 477 g/mol. The van der Waals surface area contributed by atoms with Crippen molar-refractivity contribution in [1.29, 1.82) is 0 Å². The SMILES string of the molecule is C=CC1=C(/C=C\C)C(=C)N/C1=N\c1[nH]c(/N=C2\N=C(C)c3ccccc32)c(C=C)c1C=C.CC.CC.[B]CC. The van der Waals surface area contributed by atoms with Crippen LogP contribution in [0.25, 0.3) is 12.2 Å². The summed E-state index contributed by atoms with van der Waals surface area (Å²) in [5.74, 6) is 2.58. The Bertz CT molecular complexity index is 1350. The molecule has 0 saturated heterocycles. The van der Waals surface area contributed by atoms with Crippen molar-refractivity contribution in [3.63, 3.8) is 0 Å². The van der Waals surface area contributed by atoms with Crippen molar-refractivity contribution in [1.82, 2.24) is 10.3 Å². The lowest BCUT2D eigenvalue weighted by atomic mass is 10.1. The maximum atomic E-state index is 4.85. The smallest absolute Gasteiger partial charge is 0.162 e. The normalized spacial score (nSPS) is 15.4. The number of amidine groups is 2. The molecular formula is C33H42BN5. The fraction of sp³-hybridized carbons (Fsp3) is 0.242. The van der Waals surface area contributed by atoms with Crippen LogP contribution in [-0.4, -0.2) is 30.2 Å². The van der Waals surface area contributed by atoms with Crippen LogP contribution in [0, 0.1) is 0 Å². The lowest BCUT2D eigenvalue weighted by Crippen LogP contribution is -2.15. The molecule has 0 amide bonds. The van der Waals surface area contributed by atoms with Crippen LogP contribution in [0.15, 0.2) is 101 Å². The van der Waals surface area contributed by atoms with E-state index < -0.39 is 0 Å². The first-order chi connectivity index (χ1) is 18.9. The molecule has 1 aromatic heterocycles. The average molecular weight is 520 g/mol. The summed E-state index contributed by atoms with van der Waals surface area (Å²) < 4.78 is 0. The average Bonchev–Trinajstić information content (AvgIpc) is 3.57. The van der Waals surface area contributed by atoms with Gasteiger partial charge >= 0.3 is 0 Å². The van der Waals surface area contributed by atoms with E-state index in [4.69, 9.17) is 17.8 Å². The van der Waals surface area contributed by atoms with Gasteiger partial charge in [-0.05, 0) is 13.8 Å². The number of H-pyrrole nitrogens is 1. The first kappa shape index (κ1) is 32.8. The number of aromatic amines is 1. The molecule has 6 heteroatoms. The number of benzene rings is 1. The van der Waals surface area contributed by atoms with Gasteiger partial charge in [-0.25, -0.2) is 15.0 Å². The number of fused-ring (bicyclic) bond motifs is 1. The summed E-state index contributed by atoms with van der Waals surface area (Å²) in [6.45, 7) is 29.8. The van der Waals surface area contributed by atoms with Crippen molar-refractivity contribution in [3.8, 4) is 0 Å². The summed E-state index contributed by atoms with van der Waals surface area (Å²) >= 11 is 0. The molecule has 0 fully saturated rings. The molecule has 0 spiro atoms. The quantitative estimate of drug-likeness (QED) is 0.367. The van der Waals surface area contributed by atoms with E-state index in [2.05, 4.69) is 47.7 Å². The topological polar surface area (TPSA) is 64.9 Å². The second-order valence-corrected chi connectivity index (χ2v) is 7.74. The molecule has 5 nitrogen and oxygen atoms in total. The molecule has 2 aliphatic rings. The second-order valence-electron chi connectivity index (χ2n) is 7.74. The maximum absolute atomic E-state index is 4.85. The molecule has 2 radical (unpaired) electrons. The number of aliphatic imine (C=N–C) groups is 3. The predicted molar refractivity (Wildman–Crippen MR) is 176 cm³/mol. The van der Waals surface area contributed by atoms with Gasteiger partial charge < -0.3 is 10.3 Å². The van der Waals surface area contributed by atoms with Gasteiger partial charge in [0.05, 0.1) is 7.85 Å². The van der Waals surface area contributed by atoms with Gasteiger partial charge in [-0.15, -0.1) is 0 Å². The Kier molecular flexibility index (Phi) is 14.0. The fourth-order valence-corrected chi connectivity index (χ4v) is 3.89. The zero-order chi connectivity index (χ0) is 29.5. The highest BCUT2D eigenvalue weighted by Gasteiger charge is 2.23. The molecule has 39 heavy (non-hydrogen) atoms. The molecule has 0 aliphatic carbocycles. The van der Waals surface area contributed by atoms with E-state index >= 15 is 0 Å². The summed E-state index contributed by atoms with van der Waals surface area (Å²) in [6.07, 6.45) is 9.98. The molecule has 2 aromatic rings. The van der Waals surface area contributed by atoms with E-state index in [1.54, 1.807) is 18.2 Å². The number of allylic oxidation sites excluding steroid dienone is 2. The minimum Gasteiger partial charge on any atom is -0.340 e. The van der Waals surface area contributed by atoms with E-state index in [-0.39, 0.29) is 0 Å². The minimum atomic E-state index is 0.623. The first-order valence-electron chi connectivity index (χ1n) is 13.4. The third-order valence-corrected chi connectivity index (χ3v) is 5.40. The number of hydrogen-bond donors (Lipinski definition) is 2. The van der Waals surface area contributed by atoms with E-state index in [9.17, 15) is 0 Å². The van der Waals surface area contributed by atoms with Crippen molar-refractivity contribution in [2.45, 2.75) is 54.8 Å². The van der Waals surface area contributed by atoms with Crippen molar-refractivity contribution in [2.24, 2.45) is 15.0 Å². The zero-order valence-electron chi connectivity index (χ0n) is 24.7. The Morgan fingerprint density at radius 2 is 1.44 bits per heavy atom. The molecule has 4 rings (SSSR count). The van der Waals surface area contributed by atoms with Crippen LogP contribution in [-0.2, 0) is 0 Å². The molecule has 0 bridgehead atoms. The number of hydrogen-bond acceptors (Lipinski definition) is 2. The van der Waals surface area contributed by atoms with Crippen molar-refractivity contribution < 1.29 is 0 Å². The molecule has 1 aromatic carbocycles. The van der Waals surface area contributed by atoms with Gasteiger partial charge in [-0.1, -0.05) is 122 Å². The van der Waals surface area contributed by atoms with E-state index in [0.29, 0.717) is 23.3 Å². The van der Waals surface area contributed by atoms with Crippen LogP contribution >= 0.6 is 0 Å². The molecule has 202 valence electrons. The highest BCUT2D eigenvalue weighted by Crippen LogP contribution is 2.35. The summed E-state index contributed by atoms with van der Waals surface area (Å²) in [5.41, 5.74) is 7.30. The lowest BCUT2D eigenvalue weighted by molar-refractivity contribution is 1.19. The fourth-order valence-electron chi connectivity index (χ4n) is 3.89. The van der Waals surface area contributed by atoms with Crippen LogP contribution < -0.4 is 5.32 Å².